The van der Waals surface area contributed by atoms with Gasteiger partial charge >= 0.3 is 0 Å². The lowest BCUT2D eigenvalue weighted by molar-refractivity contribution is -0.123. The summed E-state index contributed by atoms with van der Waals surface area (Å²) in [5.41, 5.74) is 1.53. The number of benzene rings is 1. The number of hydrogen-bond acceptors (Lipinski definition) is 3. The zero-order valence-electron chi connectivity index (χ0n) is 12.3. The Morgan fingerprint density at radius 3 is 2.68 bits per heavy atom. The first-order valence-electron chi connectivity index (χ1n) is 7.11. The number of aryl methyl sites for hydroxylation is 1. The van der Waals surface area contributed by atoms with Crippen molar-refractivity contribution >= 4 is 11.8 Å². The van der Waals surface area contributed by atoms with Gasteiger partial charge in [0.2, 0.25) is 5.91 Å². The summed E-state index contributed by atoms with van der Waals surface area (Å²) in [6.45, 7) is 1.85. The number of nitrogens with one attached hydrogen (secondary N) is 3. The molecule has 1 unspecified atom stereocenters. The van der Waals surface area contributed by atoms with Gasteiger partial charge in [0.25, 0.3) is 11.8 Å². The molecule has 0 bridgehead atoms. The average Bonchev–Trinajstić information content (AvgIpc) is 2.83. The first kappa shape index (κ1) is 16.4. The highest BCUT2D eigenvalue weighted by molar-refractivity contribution is 5.94. The molecule has 2 rings (SSSR count). The molecule has 0 spiro atoms. The minimum absolute atomic E-state index is 0.195. The molecule has 3 N–H and O–H groups in total. The lowest BCUT2D eigenvalue weighted by Crippen LogP contribution is -2.43. The van der Waals surface area contributed by atoms with E-state index in [9.17, 15) is 18.4 Å². The summed E-state index contributed by atoms with van der Waals surface area (Å²) >= 11 is 0. The molecule has 1 atom stereocenters. The Labute approximate surface area is 127 Å². The summed E-state index contributed by atoms with van der Waals surface area (Å²) < 4.78 is 25.9. The van der Waals surface area contributed by atoms with E-state index in [-0.39, 0.29) is 19.0 Å². The minimum Gasteiger partial charge on any atom is -0.353 e. The van der Waals surface area contributed by atoms with Crippen molar-refractivity contribution in [3.8, 4) is 0 Å². The predicted molar refractivity (Wildman–Crippen MR) is 77.9 cm³/mol. The smallest absolute Gasteiger partial charge is 0.262 e. The van der Waals surface area contributed by atoms with Crippen LogP contribution in [0.4, 0.5) is 8.78 Å². The number of hydrogen-bond donors (Lipinski definition) is 3. The largest absolute Gasteiger partial charge is 0.353 e. The van der Waals surface area contributed by atoms with E-state index in [1.165, 1.54) is 0 Å². The first-order valence-corrected chi connectivity index (χ1v) is 7.11. The number of rotatable bonds is 5. The third kappa shape index (κ3) is 4.49. The molecule has 1 saturated heterocycles. The molecule has 22 heavy (non-hydrogen) atoms. The maximum absolute atomic E-state index is 13.0. The fourth-order valence-corrected chi connectivity index (χ4v) is 2.27. The molecule has 1 aliphatic heterocycles. The van der Waals surface area contributed by atoms with E-state index in [4.69, 9.17) is 0 Å². The van der Waals surface area contributed by atoms with Crippen LogP contribution in [0.3, 0.4) is 0 Å². The normalized spacial score (nSPS) is 19.7. The Morgan fingerprint density at radius 1 is 1.32 bits per heavy atom. The first-order chi connectivity index (χ1) is 10.4. The van der Waals surface area contributed by atoms with Crippen LogP contribution in [0.5, 0.6) is 0 Å². The van der Waals surface area contributed by atoms with Crippen LogP contribution in [-0.2, 0) is 4.79 Å². The van der Waals surface area contributed by atoms with Crippen molar-refractivity contribution in [2.45, 2.75) is 25.3 Å². The highest BCUT2D eigenvalue weighted by Gasteiger charge is 2.42. The van der Waals surface area contributed by atoms with Gasteiger partial charge in [-0.05, 0) is 19.1 Å². The van der Waals surface area contributed by atoms with Gasteiger partial charge in [0, 0.05) is 25.1 Å². The van der Waals surface area contributed by atoms with Crippen LogP contribution in [0.2, 0.25) is 0 Å². The van der Waals surface area contributed by atoms with E-state index in [0.29, 0.717) is 5.56 Å². The number of carbonyl (C=O) groups is 2. The Hall–Kier alpha value is -2.02. The van der Waals surface area contributed by atoms with Gasteiger partial charge in [-0.15, -0.1) is 0 Å². The van der Waals surface area contributed by atoms with Crippen molar-refractivity contribution < 1.29 is 18.4 Å². The number of alkyl halides is 2. The molecule has 1 aromatic rings. The van der Waals surface area contributed by atoms with Gasteiger partial charge in [0.15, 0.2) is 0 Å². The van der Waals surface area contributed by atoms with Gasteiger partial charge in [0.05, 0.1) is 12.6 Å². The molecule has 0 radical (unpaired) electrons. The molecular formula is C15H19F2N3O2. The molecule has 1 fully saturated rings. The molecule has 0 aliphatic carbocycles. The van der Waals surface area contributed by atoms with Gasteiger partial charge in [-0.3, -0.25) is 14.9 Å². The Kier molecular flexibility index (Phi) is 5.07. The molecule has 7 heteroatoms. The lowest BCUT2D eigenvalue weighted by atomic mass is 10.1. The van der Waals surface area contributed by atoms with Crippen LogP contribution in [0, 0.1) is 6.92 Å². The summed E-state index contributed by atoms with van der Waals surface area (Å²) in [6.07, 6.45) is -0.492. The third-order valence-electron chi connectivity index (χ3n) is 3.42. The van der Waals surface area contributed by atoms with Gasteiger partial charge in [-0.1, -0.05) is 17.7 Å². The molecule has 120 valence electrons. The van der Waals surface area contributed by atoms with Crippen molar-refractivity contribution in [2.75, 3.05) is 19.6 Å². The minimum atomic E-state index is -2.83. The molecule has 2 amide bonds. The van der Waals surface area contributed by atoms with E-state index in [1.54, 1.807) is 18.2 Å². The van der Waals surface area contributed by atoms with Gasteiger partial charge < -0.3 is 10.6 Å². The second-order valence-electron chi connectivity index (χ2n) is 5.41. The second-order valence-corrected chi connectivity index (χ2v) is 5.41. The van der Waals surface area contributed by atoms with Crippen LogP contribution in [-0.4, -0.2) is 43.4 Å². The zero-order valence-corrected chi connectivity index (χ0v) is 12.3. The standard InChI is InChI=1S/C15H19F2N3O2/c1-10-3-2-4-11(7-10)13(21)18-5-6-19-14(22)12-8-15(16,17)9-20-12/h2-4,7,12,20H,5-6,8-9H2,1H3,(H,18,21)(H,19,22). The lowest BCUT2D eigenvalue weighted by Gasteiger charge is -2.11. The molecular weight excluding hydrogens is 292 g/mol. The molecule has 1 aromatic carbocycles. The van der Waals surface area contributed by atoms with Crippen LogP contribution in [0.1, 0.15) is 22.3 Å². The highest BCUT2D eigenvalue weighted by Crippen LogP contribution is 2.24. The Morgan fingerprint density at radius 2 is 2.05 bits per heavy atom. The van der Waals surface area contributed by atoms with Crippen LogP contribution >= 0.6 is 0 Å². The van der Waals surface area contributed by atoms with E-state index >= 15 is 0 Å². The van der Waals surface area contributed by atoms with E-state index < -0.39 is 30.8 Å². The van der Waals surface area contributed by atoms with Gasteiger partial charge in [-0.25, -0.2) is 8.78 Å². The number of carbonyl (C=O) groups excluding carboxylic acids is 2. The highest BCUT2D eigenvalue weighted by atomic mass is 19.3. The fourth-order valence-electron chi connectivity index (χ4n) is 2.27. The van der Waals surface area contributed by atoms with Crippen molar-refractivity contribution in [1.29, 1.82) is 0 Å². The number of halogens is 2. The average molecular weight is 311 g/mol. The third-order valence-corrected chi connectivity index (χ3v) is 3.42. The summed E-state index contributed by atoms with van der Waals surface area (Å²) in [4.78, 5) is 23.5. The van der Waals surface area contributed by atoms with Crippen LogP contribution < -0.4 is 16.0 Å². The SMILES string of the molecule is Cc1cccc(C(=O)NCCNC(=O)C2CC(F)(F)CN2)c1. The maximum Gasteiger partial charge on any atom is 0.262 e. The quantitative estimate of drug-likeness (QED) is 0.706. The van der Waals surface area contributed by atoms with Crippen molar-refractivity contribution in [3.05, 3.63) is 35.4 Å². The van der Waals surface area contributed by atoms with Crippen molar-refractivity contribution in [1.82, 2.24) is 16.0 Å². The Bertz CT molecular complexity index is 563. The monoisotopic (exact) mass is 311 g/mol. The van der Waals surface area contributed by atoms with Gasteiger partial charge in [-0.2, -0.15) is 0 Å². The summed E-state index contributed by atoms with van der Waals surface area (Å²) in [5, 5.41) is 7.68. The fraction of sp³-hybridized carbons (Fsp3) is 0.467. The predicted octanol–water partition coefficient (Wildman–Crippen LogP) is 0.838. The van der Waals surface area contributed by atoms with Crippen LogP contribution in [0.25, 0.3) is 0 Å². The van der Waals surface area contributed by atoms with Crippen molar-refractivity contribution in [2.24, 2.45) is 0 Å². The molecule has 0 aromatic heterocycles. The topological polar surface area (TPSA) is 70.2 Å². The van der Waals surface area contributed by atoms with Crippen LogP contribution in [0.15, 0.2) is 24.3 Å². The summed E-state index contributed by atoms with van der Waals surface area (Å²) in [6, 6.07) is 6.27. The molecule has 1 heterocycles. The maximum atomic E-state index is 13.0. The number of amides is 2. The van der Waals surface area contributed by atoms with E-state index in [2.05, 4.69) is 16.0 Å². The van der Waals surface area contributed by atoms with Gasteiger partial charge in [0.1, 0.15) is 0 Å². The van der Waals surface area contributed by atoms with Crippen molar-refractivity contribution in [3.63, 3.8) is 0 Å². The second kappa shape index (κ2) is 6.83. The summed E-state index contributed by atoms with van der Waals surface area (Å²) in [5.74, 6) is -3.54. The molecule has 5 nitrogen and oxygen atoms in total. The molecule has 1 aliphatic rings. The molecule has 0 saturated carbocycles. The zero-order chi connectivity index (χ0) is 16.2. The Balaban J connectivity index is 1.69. The summed E-state index contributed by atoms with van der Waals surface area (Å²) in [7, 11) is 0. The van der Waals surface area contributed by atoms with E-state index in [0.717, 1.165) is 5.56 Å². The van der Waals surface area contributed by atoms with E-state index in [1.807, 2.05) is 13.0 Å².